The molecule has 3 amide bonds. The van der Waals surface area contributed by atoms with Crippen LogP contribution < -0.4 is 21.7 Å². The quantitative estimate of drug-likeness (QED) is 0.242. The zero-order valence-electron chi connectivity index (χ0n) is 18.1. The van der Waals surface area contributed by atoms with Crippen molar-refractivity contribution >= 4 is 23.7 Å². The molecule has 0 saturated heterocycles. The summed E-state index contributed by atoms with van der Waals surface area (Å²) in [7, 11) is 0. The highest BCUT2D eigenvalue weighted by atomic mass is 16.4. The van der Waals surface area contributed by atoms with Crippen LogP contribution in [-0.2, 0) is 19.2 Å². The van der Waals surface area contributed by atoms with Crippen LogP contribution in [0.4, 0.5) is 0 Å². The third-order valence-corrected chi connectivity index (χ3v) is 4.86. The number of aliphatic carboxylic acids is 1. The van der Waals surface area contributed by atoms with Crippen molar-refractivity contribution in [3.05, 3.63) is 0 Å². The fraction of sp³-hybridized carbons (Fsp3) is 0.789. The summed E-state index contributed by atoms with van der Waals surface area (Å²) in [6.07, 6.45) is 0.534. The van der Waals surface area contributed by atoms with E-state index in [1.54, 1.807) is 34.6 Å². The highest BCUT2D eigenvalue weighted by molar-refractivity contribution is 5.94. The average molecular weight is 417 g/mol. The molecule has 7 N–H and O–H groups in total. The molecule has 0 spiro atoms. The van der Waals surface area contributed by atoms with Gasteiger partial charge in [0.2, 0.25) is 17.7 Å². The van der Waals surface area contributed by atoms with Gasteiger partial charge in [-0.05, 0) is 17.8 Å². The van der Waals surface area contributed by atoms with Gasteiger partial charge >= 0.3 is 5.97 Å². The number of aliphatic hydroxyl groups excluding tert-OH is 1. The third-order valence-electron chi connectivity index (χ3n) is 4.86. The molecule has 0 bridgehead atoms. The molecule has 0 aliphatic rings. The molecular weight excluding hydrogens is 380 g/mol. The van der Waals surface area contributed by atoms with Crippen molar-refractivity contribution in [1.29, 1.82) is 0 Å². The lowest BCUT2D eigenvalue weighted by Gasteiger charge is -2.28. The van der Waals surface area contributed by atoms with Crippen LogP contribution in [0, 0.1) is 17.8 Å². The molecule has 5 unspecified atom stereocenters. The van der Waals surface area contributed by atoms with Crippen molar-refractivity contribution in [2.45, 2.75) is 72.1 Å². The molecule has 0 heterocycles. The maximum atomic E-state index is 12.7. The molecule has 0 radical (unpaired) electrons. The van der Waals surface area contributed by atoms with E-state index in [0.717, 1.165) is 0 Å². The molecule has 10 nitrogen and oxygen atoms in total. The minimum absolute atomic E-state index is 0.167. The van der Waals surface area contributed by atoms with Gasteiger partial charge in [-0.1, -0.05) is 48.0 Å². The van der Waals surface area contributed by atoms with Crippen molar-refractivity contribution in [1.82, 2.24) is 16.0 Å². The molecule has 0 rings (SSSR count). The van der Waals surface area contributed by atoms with Gasteiger partial charge in [0.1, 0.15) is 18.1 Å². The lowest BCUT2D eigenvalue weighted by molar-refractivity contribution is -0.144. The van der Waals surface area contributed by atoms with Gasteiger partial charge in [-0.3, -0.25) is 14.4 Å². The minimum atomic E-state index is -1.29. The molecule has 29 heavy (non-hydrogen) atoms. The fourth-order valence-electron chi connectivity index (χ4n) is 2.48. The maximum Gasteiger partial charge on any atom is 0.326 e. The Kier molecular flexibility index (Phi) is 11.4. The van der Waals surface area contributed by atoms with Gasteiger partial charge in [0.25, 0.3) is 0 Å². The number of hydrogen-bond acceptors (Lipinski definition) is 6. The lowest BCUT2D eigenvalue weighted by atomic mass is 9.96. The van der Waals surface area contributed by atoms with Crippen LogP contribution in [0.25, 0.3) is 0 Å². The molecular formula is C19H36N4O6. The third kappa shape index (κ3) is 8.36. The lowest BCUT2D eigenvalue weighted by Crippen LogP contribution is -2.60. The van der Waals surface area contributed by atoms with E-state index in [1.807, 2.05) is 6.92 Å². The van der Waals surface area contributed by atoms with Crippen LogP contribution in [0.2, 0.25) is 0 Å². The van der Waals surface area contributed by atoms with E-state index in [2.05, 4.69) is 16.0 Å². The summed E-state index contributed by atoms with van der Waals surface area (Å²) >= 11 is 0. The molecule has 0 saturated carbocycles. The van der Waals surface area contributed by atoms with E-state index in [9.17, 15) is 29.4 Å². The van der Waals surface area contributed by atoms with Crippen molar-refractivity contribution in [2.75, 3.05) is 6.61 Å². The molecule has 5 atom stereocenters. The summed E-state index contributed by atoms with van der Waals surface area (Å²) in [5.41, 5.74) is 5.75. The van der Waals surface area contributed by atoms with E-state index in [1.165, 1.54) is 0 Å². The van der Waals surface area contributed by atoms with Crippen LogP contribution in [0.5, 0.6) is 0 Å². The van der Waals surface area contributed by atoms with Crippen LogP contribution >= 0.6 is 0 Å². The van der Waals surface area contributed by atoms with Gasteiger partial charge in [-0.25, -0.2) is 4.79 Å². The second-order valence-corrected chi connectivity index (χ2v) is 7.95. The fourth-order valence-corrected chi connectivity index (χ4v) is 2.48. The van der Waals surface area contributed by atoms with Crippen molar-refractivity contribution in [2.24, 2.45) is 23.5 Å². The number of rotatable bonds is 12. The van der Waals surface area contributed by atoms with E-state index in [-0.39, 0.29) is 17.8 Å². The average Bonchev–Trinajstić information content (AvgIpc) is 2.65. The van der Waals surface area contributed by atoms with Gasteiger partial charge in [-0.2, -0.15) is 0 Å². The van der Waals surface area contributed by atoms with Gasteiger partial charge in [-0.15, -0.1) is 0 Å². The van der Waals surface area contributed by atoms with Gasteiger partial charge in [0.15, 0.2) is 0 Å². The van der Waals surface area contributed by atoms with E-state index < -0.39 is 54.5 Å². The number of carboxylic acid groups (broad SMARTS) is 1. The molecule has 0 aromatic carbocycles. The molecule has 0 fully saturated rings. The largest absolute Gasteiger partial charge is 0.480 e. The molecule has 0 aliphatic heterocycles. The number of amides is 3. The number of nitrogens with one attached hydrogen (secondary N) is 3. The first kappa shape index (κ1) is 26.8. The summed E-state index contributed by atoms with van der Waals surface area (Å²) in [4.78, 5) is 48.7. The second kappa shape index (κ2) is 12.4. The molecule has 0 aromatic heterocycles. The summed E-state index contributed by atoms with van der Waals surface area (Å²) in [5.74, 6) is -4.00. The SMILES string of the molecule is CCC(C)C(NC(=O)C(CO)NC(=O)C(N)C(C)C)C(=O)NC(C(=O)O)C(C)C. The first-order chi connectivity index (χ1) is 13.4. The second-order valence-electron chi connectivity index (χ2n) is 7.95. The minimum Gasteiger partial charge on any atom is -0.480 e. The van der Waals surface area contributed by atoms with Gasteiger partial charge in [0.05, 0.1) is 12.6 Å². The van der Waals surface area contributed by atoms with Crippen LogP contribution in [0.15, 0.2) is 0 Å². The Labute approximate surface area is 172 Å². The zero-order valence-corrected chi connectivity index (χ0v) is 18.1. The normalized spacial score (nSPS) is 16.5. The Bertz CT molecular complexity index is 581. The summed E-state index contributed by atoms with van der Waals surface area (Å²) in [6, 6.07) is -4.28. The predicted octanol–water partition coefficient (Wildman–Crippen LogP) is -0.797. The molecule has 10 heteroatoms. The topological polar surface area (TPSA) is 171 Å². The number of carboxylic acids is 1. The highest BCUT2D eigenvalue weighted by Gasteiger charge is 2.33. The summed E-state index contributed by atoms with van der Waals surface area (Å²) in [5, 5.41) is 26.1. The Hall–Kier alpha value is -2.20. The van der Waals surface area contributed by atoms with Crippen LogP contribution in [-0.4, -0.2) is 64.7 Å². The molecule has 0 aromatic rings. The Balaban J connectivity index is 5.34. The summed E-state index contributed by atoms with van der Waals surface area (Å²) in [6.45, 7) is 9.68. The first-order valence-electron chi connectivity index (χ1n) is 9.87. The van der Waals surface area contributed by atoms with E-state index in [4.69, 9.17) is 5.73 Å². The predicted molar refractivity (Wildman–Crippen MR) is 108 cm³/mol. The smallest absolute Gasteiger partial charge is 0.326 e. The summed E-state index contributed by atoms with van der Waals surface area (Å²) < 4.78 is 0. The number of aliphatic hydroxyl groups is 1. The van der Waals surface area contributed by atoms with E-state index >= 15 is 0 Å². The van der Waals surface area contributed by atoms with Crippen molar-refractivity contribution in [3.8, 4) is 0 Å². The monoisotopic (exact) mass is 416 g/mol. The van der Waals surface area contributed by atoms with Crippen molar-refractivity contribution in [3.63, 3.8) is 0 Å². The maximum absolute atomic E-state index is 12.7. The Morgan fingerprint density at radius 1 is 0.828 bits per heavy atom. The van der Waals surface area contributed by atoms with Crippen LogP contribution in [0.1, 0.15) is 48.0 Å². The zero-order chi connectivity index (χ0) is 22.9. The van der Waals surface area contributed by atoms with Crippen LogP contribution in [0.3, 0.4) is 0 Å². The molecule has 0 aliphatic carbocycles. The number of hydrogen-bond donors (Lipinski definition) is 6. The van der Waals surface area contributed by atoms with Gasteiger partial charge < -0.3 is 31.9 Å². The number of carbonyl (C=O) groups excluding carboxylic acids is 3. The number of nitrogens with two attached hydrogens (primary N) is 1. The Morgan fingerprint density at radius 3 is 1.72 bits per heavy atom. The molecule has 168 valence electrons. The first-order valence-corrected chi connectivity index (χ1v) is 9.87. The number of carbonyl (C=O) groups is 4. The highest BCUT2D eigenvalue weighted by Crippen LogP contribution is 2.11. The van der Waals surface area contributed by atoms with E-state index in [0.29, 0.717) is 6.42 Å². The van der Waals surface area contributed by atoms with Crippen molar-refractivity contribution < 1.29 is 29.4 Å². The Morgan fingerprint density at radius 2 is 1.34 bits per heavy atom. The van der Waals surface area contributed by atoms with Gasteiger partial charge in [0, 0.05) is 0 Å². The standard InChI is InChI=1S/C19H36N4O6/c1-7-11(6)15(18(27)22-14(10(4)5)19(28)29)23-16(25)12(8-24)21-17(26)13(20)9(2)3/h9-15,24H,7-8,20H2,1-6H3,(H,21,26)(H,22,27)(H,23,25)(H,28,29).